The number of carbonyl (C=O) groups is 2. The van der Waals surface area contributed by atoms with Gasteiger partial charge in [0.05, 0.1) is 6.54 Å². The van der Waals surface area contributed by atoms with Gasteiger partial charge in [-0.3, -0.25) is 14.3 Å². The van der Waals surface area contributed by atoms with Crippen molar-refractivity contribution >= 4 is 11.8 Å². The van der Waals surface area contributed by atoms with Gasteiger partial charge >= 0.3 is 0 Å². The van der Waals surface area contributed by atoms with Crippen LogP contribution in [0.2, 0.25) is 0 Å². The molecule has 0 spiro atoms. The van der Waals surface area contributed by atoms with E-state index in [4.69, 9.17) is 0 Å². The molecule has 4 rings (SSSR count). The first-order valence-corrected chi connectivity index (χ1v) is 10.9. The second kappa shape index (κ2) is 10.1. The molecular weight excluding hydrogens is 388 g/mol. The second-order valence-corrected chi connectivity index (χ2v) is 7.91. The maximum absolute atomic E-state index is 12.8. The van der Waals surface area contributed by atoms with E-state index in [1.165, 1.54) is 5.56 Å². The lowest BCUT2D eigenvalue weighted by molar-refractivity contribution is -0.132. The number of aryl methyl sites for hydroxylation is 1. The fraction of sp³-hybridized carbons (Fsp3) is 0.320. The Kier molecular flexibility index (Phi) is 6.77. The van der Waals surface area contributed by atoms with Gasteiger partial charge in [-0.1, -0.05) is 42.5 Å². The summed E-state index contributed by atoms with van der Waals surface area (Å²) >= 11 is 0. The SMILES string of the molecule is O=C(CCCc1ccccc1)N1CCN(C(=O)c2ccc(Cn3cccn3)cc2)CC1. The third-order valence-corrected chi connectivity index (χ3v) is 5.72. The average molecular weight is 417 g/mol. The predicted molar refractivity (Wildman–Crippen MR) is 120 cm³/mol. The summed E-state index contributed by atoms with van der Waals surface area (Å²) in [5.74, 6) is 0.216. The first-order chi connectivity index (χ1) is 15.2. The minimum absolute atomic E-state index is 0.0295. The van der Waals surface area contributed by atoms with Crippen LogP contribution in [0.4, 0.5) is 0 Å². The number of nitrogens with zero attached hydrogens (tertiary/aromatic N) is 4. The number of hydrogen-bond donors (Lipinski definition) is 0. The van der Waals surface area contributed by atoms with Crippen LogP contribution in [0.15, 0.2) is 73.1 Å². The van der Waals surface area contributed by atoms with E-state index in [9.17, 15) is 9.59 Å². The second-order valence-electron chi connectivity index (χ2n) is 7.91. The van der Waals surface area contributed by atoms with Gasteiger partial charge < -0.3 is 9.80 Å². The zero-order valence-corrected chi connectivity index (χ0v) is 17.7. The molecule has 6 heteroatoms. The number of piperazine rings is 1. The van der Waals surface area contributed by atoms with Crippen molar-refractivity contribution in [3.63, 3.8) is 0 Å². The third-order valence-electron chi connectivity index (χ3n) is 5.72. The molecular formula is C25H28N4O2. The molecule has 1 aliphatic heterocycles. The highest BCUT2D eigenvalue weighted by molar-refractivity contribution is 5.94. The fourth-order valence-corrected chi connectivity index (χ4v) is 3.92. The molecule has 1 fully saturated rings. The average Bonchev–Trinajstić information content (AvgIpc) is 3.33. The van der Waals surface area contributed by atoms with E-state index in [0.717, 1.165) is 18.4 Å². The lowest BCUT2D eigenvalue weighted by Gasteiger charge is -2.35. The molecule has 0 atom stereocenters. The van der Waals surface area contributed by atoms with Crippen molar-refractivity contribution in [1.82, 2.24) is 19.6 Å². The Morgan fingerprint density at radius 3 is 2.19 bits per heavy atom. The van der Waals surface area contributed by atoms with Gasteiger partial charge in [-0.15, -0.1) is 0 Å². The number of carbonyl (C=O) groups excluding carboxylic acids is 2. The highest BCUT2D eigenvalue weighted by Gasteiger charge is 2.24. The minimum Gasteiger partial charge on any atom is -0.339 e. The summed E-state index contributed by atoms with van der Waals surface area (Å²) in [6, 6.07) is 19.8. The van der Waals surface area contributed by atoms with Crippen LogP contribution in [-0.2, 0) is 17.8 Å². The molecule has 2 amide bonds. The molecule has 2 heterocycles. The number of amides is 2. The Morgan fingerprint density at radius 1 is 0.806 bits per heavy atom. The molecule has 0 aliphatic carbocycles. The summed E-state index contributed by atoms with van der Waals surface area (Å²) in [7, 11) is 0. The molecule has 0 unspecified atom stereocenters. The fourth-order valence-electron chi connectivity index (χ4n) is 3.92. The summed E-state index contributed by atoms with van der Waals surface area (Å²) in [5.41, 5.74) is 3.05. The van der Waals surface area contributed by atoms with Gasteiger partial charge in [0.15, 0.2) is 0 Å². The lowest BCUT2D eigenvalue weighted by atomic mass is 10.1. The molecule has 0 bridgehead atoms. The van der Waals surface area contributed by atoms with Crippen LogP contribution in [0.1, 0.15) is 34.3 Å². The number of aromatic nitrogens is 2. The van der Waals surface area contributed by atoms with Crippen LogP contribution in [0, 0.1) is 0 Å². The quantitative estimate of drug-likeness (QED) is 0.594. The van der Waals surface area contributed by atoms with E-state index in [1.54, 1.807) is 6.20 Å². The molecule has 160 valence electrons. The Labute approximate surface area is 183 Å². The zero-order chi connectivity index (χ0) is 21.5. The van der Waals surface area contributed by atoms with Gasteiger partial charge in [-0.2, -0.15) is 5.10 Å². The smallest absolute Gasteiger partial charge is 0.253 e. The third kappa shape index (κ3) is 5.60. The van der Waals surface area contributed by atoms with Gasteiger partial charge in [-0.05, 0) is 42.2 Å². The highest BCUT2D eigenvalue weighted by atomic mass is 16.2. The molecule has 6 nitrogen and oxygen atoms in total. The van der Waals surface area contributed by atoms with Crippen LogP contribution in [-0.4, -0.2) is 57.6 Å². The van der Waals surface area contributed by atoms with Crippen LogP contribution in [0.5, 0.6) is 0 Å². The Hall–Kier alpha value is -3.41. The topological polar surface area (TPSA) is 58.4 Å². The minimum atomic E-state index is 0.0295. The highest BCUT2D eigenvalue weighted by Crippen LogP contribution is 2.13. The molecule has 1 saturated heterocycles. The Bertz CT molecular complexity index is 976. The summed E-state index contributed by atoms with van der Waals surface area (Å²) in [4.78, 5) is 29.1. The van der Waals surface area contributed by atoms with Crippen molar-refractivity contribution in [2.24, 2.45) is 0 Å². The van der Waals surface area contributed by atoms with E-state index >= 15 is 0 Å². The molecule has 1 aliphatic rings. The van der Waals surface area contributed by atoms with E-state index in [0.29, 0.717) is 44.7 Å². The van der Waals surface area contributed by atoms with Crippen LogP contribution in [0.3, 0.4) is 0 Å². The van der Waals surface area contributed by atoms with Gasteiger partial charge in [0.2, 0.25) is 5.91 Å². The van der Waals surface area contributed by atoms with E-state index in [1.807, 2.05) is 69.2 Å². The van der Waals surface area contributed by atoms with Gasteiger partial charge in [0.25, 0.3) is 5.91 Å². The van der Waals surface area contributed by atoms with Crippen LogP contribution in [0.25, 0.3) is 0 Å². The van der Waals surface area contributed by atoms with Crippen LogP contribution >= 0.6 is 0 Å². The number of hydrogen-bond acceptors (Lipinski definition) is 3. The Morgan fingerprint density at radius 2 is 1.52 bits per heavy atom. The summed E-state index contributed by atoms with van der Waals surface area (Å²) < 4.78 is 1.85. The van der Waals surface area contributed by atoms with E-state index in [2.05, 4.69) is 17.2 Å². The molecule has 1 aromatic heterocycles. The molecule has 2 aromatic carbocycles. The lowest BCUT2D eigenvalue weighted by Crippen LogP contribution is -2.50. The van der Waals surface area contributed by atoms with E-state index < -0.39 is 0 Å². The summed E-state index contributed by atoms with van der Waals surface area (Å²) in [6.45, 7) is 3.06. The first kappa shape index (κ1) is 20.8. The molecule has 0 radical (unpaired) electrons. The number of benzene rings is 2. The summed E-state index contributed by atoms with van der Waals surface area (Å²) in [5, 5.41) is 4.21. The Balaban J connectivity index is 1.22. The monoisotopic (exact) mass is 416 g/mol. The molecule has 0 N–H and O–H groups in total. The first-order valence-electron chi connectivity index (χ1n) is 10.9. The van der Waals surface area contributed by atoms with E-state index in [-0.39, 0.29) is 11.8 Å². The van der Waals surface area contributed by atoms with Crippen LogP contribution < -0.4 is 0 Å². The zero-order valence-electron chi connectivity index (χ0n) is 17.7. The van der Waals surface area contributed by atoms with Crippen molar-refractivity contribution < 1.29 is 9.59 Å². The van der Waals surface area contributed by atoms with Crippen molar-refractivity contribution in [3.05, 3.63) is 89.7 Å². The molecule has 31 heavy (non-hydrogen) atoms. The van der Waals surface area contributed by atoms with Crippen molar-refractivity contribution in [3.8, 4) is 0 Å². The standard InChI is InChI=1S/C25H28N4O2/c30-24(9-4-8-21-6-2-1-3-7-21)27-16-18-28(19-17-27)25(31)23-12-10-22(11-13-23)20-29-15-5-14-26-29/h1-3,5-7,10-15H,4,8-9,16-20H2. The predicted octanol–water partition coefficient (Wildman–Crippen LogP) is 3.24. The maximum atomic E-state index is 12.8. The van der Waals surface area contributed by atoms with Gasteiger partial charge in [-0.25, -0.2) is 0 Å². The number of rotatable bonds is 7. The van der Waals surface area contributed by atoms with Crippen molar-refractivity contribution in [1.29, 1.82) is 0 Å². The maximum Gasteiger partial charge on any atom is 0.253 e. The van der Waals surface area contributed by atoms with Gasteiger partial charge in [0.1, 0.15) is 0 Å². The van der Waals surface area contributed by atoms with Crippen molar-refractivity contribution in [2.45, 2.75) is 25.8 Å². The van der Waals surface area contributed by atoms with Gasteiger partial charge in [0, 0.05) is 50.6 Å². The summed E-state index contributed by atoms with van der Waals surface area (Å²) in [6.07, 6.45) is 6.00. The van der Waals surface area contributed by atoms with Crippen molar-refractivity contribution in [2.75, 3.05) is 26.2 Å². The molecule has 0 saturated carbocycles. The largest absolute Gasteiger partial charge is 0.339 e. The molecule has 3 aromatic rings. The normalized spacial score (nSPS) is 13.9.